The van der Waals surface area contributed by atoms with Crippen LogP contribution in [0.5, 0.6) is 0 Å². The first kappa shape index (κ1) is 14.9. The van der Waals surface area contributed by atoms with Gasteiger partial charge in [0.05, 0.1) is 0 Å². The Hall–Kier alpha value is -1.46. The van der Waals surface area contributed by atoms with Crippen molar-refractivity contribution >= 4 is 38.8 Å². The quantitative estimate of drug-likeness (QED) is 0.847. The Balaban J connectivity index is 2.29. The van der Waals surface area contributed by atoms with Crippen molar-refractivity contribution in [3.8, 4) is 0 Å². The Morgan fingerprint density at radius 1 is 1.30 bits per heavy atom. The summed E-state index contributed by atoms with van der Waals surface area (Å²) in [6, 6.07) is 12.5. The second kappa shape index (κ2) is 6.33. The smallest absolute Gasteiger partial charge is 0.124 e. The molecule has 0 aliphatic carbocycles. The fourth-order valence-electron chi connectivity index (χ4n) is 2.03. The molecule has 0 fully saturated rings. The SMILES string of the molecule is CN(Cc1cccc(Br)c1)c1ccc(F)cc1C(N)=S. The monoisotopic (exact) mass is 352 g/mol. The molecule has 2 N–H and O–H groups in total. The van der Waals surface area contributed by atoms with E-state index in [9.17, 15) is 4.39 Å². The van der Waals surface area contributed by atoms with Crippen LogP contribution < -0.4 is 10.6 Å². The maximum Gasteiger partial charge on any atom is 0.124 e. The summed E-state index contributed by atoms with van der Waals surface area (Å²) in [5.41, 5.74) is 8.18. The topological polar surface area (TPSA) is 29.3 Å². The van der Waals surface area contributed by atoms with Gasteiger partial charge in [0.15, 0.2) is 0 Å². The van der Waals surface area contributed by atoms with E-state index in [-0.39, 0.29) is 10.8 Å². The highest BCUT2D eigenvalue weighted by Crippen LogP contribution is 2.23. The minimum Gasteiger partial charge on any atom is -0.389 e. The third kappa shape index (κ3) is 3.55. The lowest BCUT2D eigenvalue weighted by Gasteiger charge is -2.22. The molecule has 2 aromatic carbocycles. The molecule has 104 valence electrons. The van der Waals surface area contributed by atoms with Crippen molar-refractivity contribution < 1.29 is 4.39 Å². The van der Waals surface area contributed by atoms with Crippen LogP contribution in [0.3, 0.4) is 0 Å². The van der Waals surface area contributed by atoms with Crippen LogP contribution in [0.1, 0.15) is 11.1 Å². The van der Waals surface area contributed by atoms with Gasteiger partial charge in [-0.1, -0.05) is 40.3 Å². The molecule has 20 heavy (non-hydrogen) atoms. The second-order valence-electron chi connectivity index (χ2n) is 4.51. The molecule has 2 rings (SSSR count). The van der Waals surface area contributed by atoms with Gasteiger partial charge in [0.1, 0.15) is 10.8 Å². The van der Waals surface area contributed by atoms with Crippen LogP contribution in [0.4, 0.5) is 10.1 Å². The fourth-order valence-corrected chi connectivity index (χ4v) is 2.64. The summed E-state index contributed by atoms with van der Waals surface area (Å²) in [5.74, 6) is -0.340. The van der Waals surface area contributed by atoms with Crippen molar-refractivity contribution in [2.75, 3.05) is 11.9 Å². The first-order valence-corrected chi connectivity index (χ1v) is 7.22. The van der Waals surface area contributed by atoms with Crippen LogP contribution in [0.15, 0.2) is 46.9 Å². The maximum absolute atomic E-state index is 13.3. The molecule has 0 saturated carbocycles. The lowest BCUT2D eigenvalue weighted by atomic mass is 10.1. The zero-order chi connectivity index (χ0) is 14.7. The number of rotatable bonds is 4. The van der Waals surface area contributed by atoms with Crippen LogP contribution >= 0.6 is 28.1 Å². The number of anilines is 1. The Labute approximate surface area is 131 Å². The summed E-state index contributed by atoms with van der Waals surface area (Å²) in [7, 11) is 1.93. The summed E-state index contributed by atoms with van der Waals surface area (Å²) in [4.78, 5) is 2.19. The number of hydrogen-bond acceptors (Lipinski definition) is 2. The summed E-state index contributed by atoms with van der Waals surface area (Å²) >= 11 is 8.44. The van der Waals surface area contributed by atoms with E-state index in [0.717, 1.165) is 15.7 Å². The number of thiocarbonyl (C=S) groups is 1. The summed E-state index contributed by atoms with van der Waals surface area (Å²) < 4.78 is 14.3. The maximum atomic E-state index is 13.3. The predicted molar refractivity (Wildman–Crippen MR) is 88.5 cm³/mol. The van der Waals surface area contributed by atoms with Gasteiger partial charge in [0.25, 0.3) is 0 Å². The zero-order valence-corrected chi connectivity index (χ0v) is 13.3. The Morgan fingerprint density at radius 3 is 2.70 bits per heavy atom. The molecule has 0 spiro atoms. The average Bonchev–Trinajstić information content (AvgIpc) is 2.38. The van der Waals surface area contributed by atoms with Crippen molar-refractivity contribution in [1.29, 1.82) is 0 Å². The second-order valence-corrected chi connectivity index (χ2v) is 5.87. The Bertz CT molecular complexity index is 646. The first-order chi connectivity index (χ1) is 9.47. The van der Waals surface area contributed by atoms with Gasteiger partial charge >= 0.3 is 0 Å². The molecule has 5 heteroatoms. The third-order valence-electron chi connectivity index (χ3n) is 2.94. The molecule has 0 saturated heterocycles. The van der Waals surface area contributed by atoms with Crippen LogP contribution in [0.2, 0.25) is 0 Å². The zero-order valence-electron chi connectivity index (χ0n) is 10.9. The van der Waals surface area contributed by atoms with Crippen molar-refractivity contribution in [1.82, 2.24) is 0 Å². The van der Waals surface area contributed by atoms with Crippen LogP contribution in [-0.2, 0) is 6.54 Å². The highest BCUT2D eigenvalue weighted by molar-refractivity contribution is 9.10. The van der Waals surface area contributed by atoms with Gasteiger partial charge in [-0.2, -0.15) is 0 Å². The van der Waals surface area contributed by atoms with Crippen molar-refractivity contribution in [2.45, 2.75) is 6.54 Å². The van der Waals surface area contributed by atoms with Gasteiger partial charge in [0.2, 0.25) is 0 Å². The Kier molecular flexibility index (Phi) is 4.73. The molecule has 0 unspecified atom stereocenters. The third-order valence-corrected chi connectivity index (χ3v) is 3.66. The van der Waals surface area contributed by atoms with Crippen LogP contribution in [0.25, 0.3) is 0 Å². The van der Waals surface area contributed by atoms with Crippen LogP contribution in [-0.4, -0.2) is 12.0 Å². The first-order valence-electron chi connectivity index (χ1n) is 6.02. The molecule has 0 aliphatic rings. The van der Waals surface area contributed by atoms with Gasteiger partial charge in [0, 0.05) is 29.3 Å². The highest BCUT2D eigenvalue weighted by Gasteiger charge is 2.11. The molecule has 0 radical (unpaired) electrons. The van der Waals surface area contributed by atoms with E-state index in [1.807, 2.05) is 36.2 Å². The summed E-state index contributed by atoms with van der Waals surface area (Å²) in [6.45, 7) is 0.681. The molecule has 0 aliphatic heterocycles. The summed E-state index contributed by atoms with van der Waals surface area (Å²) in [6.07, 6.45) is 0. The van der Waals surface area contributed by atoms with Crippen LogP contribution in [0, 0.1) is 5.82 Å². The average molecular weight is 353 g/mol. The molecule has 0 heterocycles. The standard InChI is InChI=1S/C15H14BrFN2S/c1-19(9-10-3-2-4-11(16)7-10)14-6-5-12(17)8-13(14)15(18)20/h2-8H,9H2,1H3,(H2,18,20). The number of nitrogens with zero attached hydrogens (tertiary/aromatic N) is 1. The molecule has 0 atom stereocenters. The highest BCUT2D eigenvalue weighted by atomic mass is 79.9. The molecular formula is C15H14BrFN2S. The van der Waals surface area contributed by atoms with Gasteiger partial charge in [-0.3, -0.25) is 0 Å². The Morgan fingerprint density at radius 2 is 2.05 bits per heavy atom. The van der Waals surface area contributed by atoms with E-state index in [2.05, 4.69) is 15.9 Å². The van der Waals surface area contributed by atoms with E-state index in [0.29, 0.717) is 12.1 Å². The normalized spacial score (nSPS) is 10.3. The molecular weight excluding hydrogens is 339 g/mol. The number of nitrogens with two attached hydrogens (primary N) is 1. The minimum absolute atomic E-state index is 0.195. The lowest BCUT2D eigenvalue weighted by Crippen LogP contribution is -2.21. The predicted octanol–water partition coefficient (Wildman–Crippen LogP) is 3.86. The van der Waals surface area contributed by atoms with Gasteiger partial charge in [-0.25, -0.2) is 4.39 Å². The summed E-state index contributed by atoms with van der Waals surface area (Å²) in [5, 5.41) is 0. The van der Waals surface area contributed by atoms with Gasteiger partial charge < -0.3 is 10.6 Å². The van der Waals surface area contributed by atoms with E-state index < -0.39 is 0 Å². The van der Waals surface area contributed by atoms with E-state index in [4.69, 9.17) is 18.0 Å². The lowest BCUT2D eigenvalue weighted by molar-refractivity contribution is 0.627. The molecule has 2 nitrogen and oxygen atoms in total. The number of halogens is 2. The molecule has 2 aromatic rings. The number of hydrogen-bond donors (Lipinski definition) is 1. The van der Waals surface area contributed by atoms with Gasteiger partial charge in [-0.05, 0) is 35.9 Å². The number of benzene rings is 2. The molecule has 0 amide bonds. The van der Waals surface area contributed by atoms with Crippen molar-refractivity contribution in [3.05, 3.63) is 63.9 Å². The fraction of sp³-hybridized carbons (Fsp3) is 0.133. The molecule has 0 bridgehead atoms. The van der Waals surface area contributed by atoms with Gasteiger partial charge in [-0.15, -0.1) is 0 Å². The van der Waals surface area contributed by atoms with Crippen molar-refractivity contribution in [3.63, 3.8) is 0 Å². The largest absolute Gasteiger partial charge is 0.389 e. The minimum atomic E-state index is -0.340. The van der Waals surface area contributed by atoms with E-state index in [1.54, 1.807) is 6.07 Å². The van der Waals surface area contributed by atoms with E-state index >= 15 is 0 Å². The van der Waals surface area contributed by atoms with Crippen molar-refractivity contribution in [2.24, 2.45) is 5.73 Å². The molecule has 0 aromatic heterocycles. The van der Waals surface area contributed by atoms with E-state index in [1.165, 1.54) is 12.1 Å².